The van der Waals surface area contributed by atoms with Crippen LogP contribution in [0.5, 0.6) is 11.5 Å². The average Bonchev–Trinajstić information content (AvgIpc) is 2.50. The third-order valence-electron chi connectivity index (χ3n) is 4.06. The monoisotopic (exact) mass is 335 g/mol. The SMILES string of the molecule is CCOC(=O)C1(Oc2cc(Cl)nc3ccc(OC)cc23)CCC1. The highest BCUT2D eigenvalue weighted by molar-refractivity contribution is 6.30. The van der Waals surface area contributed by atoms with Crippen LogP contribution in [0, 0.1) is 0 Å². The van der Waals surface area contributed by atoms with Crippen LogP contribution >= 0.6 is 11.6 Å². The van der Waals surface area contributed by atoms with Gasteiger partial charge < -0.3 is 14.2 Å². The van der Waals surface area contributed by atoms with Crippen molar-refractivity contribution in [3.63, 3.8) is 0 Å². The Labute approximate surface area is 139 Å². The zero-order chi connectivity index (χ0) is 16.4. The molecular weight excluding hydrogens is 318 g/mol. The van der Waals surface area contributed by atoms with Gasteiger partial charge in [-0.05, 0) is 44.4 Å². The second-order valence-corrected chi connectivity index (χ2v) is 5.88. The Bertz CT molecular complexity index is 743. The molecule has 0 saturated heterocycles. The third-order valence-corrected chi connectivity index (χ3v) is 4.25. The summed E-state index contributed by atoms with van der Waals surface area (Å²) in [5.41, 5.74) is -0.233. The molecule has 3 rings (SSSR count). The van der Waals surface area contributed by atoms with Crippen molar-refractivity contribution in [3.05, 3.63) is 29.4 Å². The minimum atomic E-state index is -0.920. The molecule has 0 amide bonds. The van der Waals surface area contributed by atoms with Crippen LogP contribution in [0.4, 0.5) is 0 Å². The molecule has 0 spiro atoms. The summed E-state index contributed by atoms with van der Waals surface area (Å²) < 4.78 is 16.5. The number of carbonyl (C=O) groups excluding carboxylic acids is 1. The smallest absolute Gasteiger partial charge is 0.350 e. The summed E-state index contributed by atoms with van der Waals surface area (Å²) in [5, 5.41) is 1.07. The quantitative estimate of drug-likeness (QED) is 0.615. The van der Waals surface area contributed by atoms with Crippen LogP contribution in [0.15, 0.2) is 24.3 Å². The standard InChI is InChI=1S/C17H18ClNO4/c1-3-22-16(20)17(7-4-8-17)23-14-10-15(18)19-13-6-5-11(21-2)9-12(13)14/h5-6,9-10H,3-4,7-8H2,1-2H3. The van der Waals surface area contributed by atoms with E-state index < -0.39 is 5.60 Å². The van der Waals surface area contributed by atoms with E-state index in [1.54, 1.807) is 26.2 Å². The van der Waals surface area contributed by atoms with Crippen LogP contribution in [-0.4, -0.2) is 30.3 Å². The maximum absolute atomic E-state index is 12.3. The topological polar surface area (TPSA) is 57.7 Å². The molecule has 1 saturated carbocycles. The first kappa shape index (κ1) is 15.9. The molecule has 0 aliphatic heterocycles. The van der Waals surface area contributed by atoms with Crippen molar-refractivity contribution in [1.82, 2.24) is 4.98 Å². The predicted molar refractivity (Wildman–Crippen MR) is 87.1 cm³/mol. The summed E-state index contributed by atoms with van der Waals surface area (Å²) in [6.07, 6.45) is 2.20. The molecule has 0 bridgehead atoms. The Morgan fingerprint density at radius 1 is 1.35 bits per heavy atom. The first-order chi connectivity index (χ1) is 11.1. The molecule has 5 nitrogen and oxygen atoms in total. The fourth-order valence-corrected chi connectivity index (χ4v) is 2.86. The molecule has 1 aliphatic carbocycles. The Kier molecular flexibility index (Phi) is 4.31. The van der Waals surface area contributed by atoms with E-state index in [1.165, 1.54) is 0 Å². The van der Waals surface area contributed by atoms with Gasteiger partial charge in [0.05, 0.1) is 19.2 Å². The van der Waals surface area contributed by atoms with Crippen LogP contribution in [0.1, 0.15) is 26.2 Å². The molecule has 23 heavy (non-hydrogen) atoms. The molecule has 1 aromatic heterocycles. The van der Waals surface area contributed by atoms with Crippen LogP contribution in [0.25, 0.3) is 10.9 Å². The molecule has 0 unspecified atom stereocenters. The van der Waals surface area contributed by atoms with Gasteiger partial charge in [0.15, 0.2) is 0 Å². The van der Waals surface area contributed by atoms with Gasteiger partial charge in [-0.15, -0.1) is 0 Å². The number of pyridine rings is 1. The van der Waals surface area contributed by atoms with Crippen LogP contribution < -0.4 is 9.47 Å². The maximum atomic E-state index is 12.3. The molecule has 6 heteroatoms. The molecule has 2 aromatic rings. The summed E-state index contributed by atoms with van der Waals surface area (Å²) in [6, 6.07) is 7.07. The number of fused-ring (bicyclic) bond motifs is 1. The van der Waals surface area contributed by atoms with Gasteiger partial charge >= 0.3 is 5.97 Å². The van der Waals surface area contributed by atoms with Crippen LogP contribution in [0.2, 0.25) is 5.15 Å². The Morgan fingerprint density at radius 3 is 2.74 bits per heavy atom. The molecule has 122 valence electrons. The number of aromatic nitrogens is 1. The highest BCUT2D eigenvalue weighted by atomic mass is 35.5. The van der Waals surface area contributed by atoms with Gasteiger partial charge in [0.2, 0.25) is 5.60 Å². The highest BCUT2D eigenvalue weighted by Crippen LogP contribution is 2.41. The Hall–Kier alpha value is -2.01. The molecule has 0 N–H and O–H groups in total. The van der Waals surface area contributed by atoms with E-state index in [2.05, 4.69) is 4.98 Å². The third kappa shape index (κ3) is 2.93. The number of hydrogen-bond acceptors (Lipinski definition) is 5. The number of esters is 1. The largest absolute Gasteiger partial charge is 0.497 e. The number of methoxy groups -OCH3 is 1. The molecule has 1 heterocycles. The van der Waals surface area contributed by atoms with E-state index >= 15 is 0 Å². The lowest BCUT2D eigenvalue weighted by Gasteiger charge is -2.39. The number of ether oxygens (including phenoxy) is 3. The van der Waals surface area contributed by atoms with Gasteiger partial charge in [0, 0.05) is 11.5 Å². The van der Waals surface area contributed by atoms with Crippen molar-refractivity contribution in [2.24, 2.45) is 0 Å². The molecule has 1 fully saturated rings. The molecule has 1 aromatic carbocycles. The van der Waals surface area contributed by atoms with E-state index in [-0.39, 0.29) is 5.97 Å². The van der Waals surface area contributed by atoms with E-state index in [4.69, 9.17) is 25.8 Å². The zero-order valence-electron chi connectivity index (χ0n) is 13.1. The summed E-state index contributed by atoms with van der Waals surface area (Å²) >= 11 is 6.09. The van der Waals surface area contributed by atoms with Crippen molar-refractivity contribution >= 4 is 28.5 Å². The lowest BCUT2D eigenvalue weighted by molar-refractivity contribution is -0.169. The second kappa shape index (κ2) is 6.24. The molecule has 1 aliphatic rings. The van der Waals surface area contributed by atoms with Crippen molar-refractivity contribution in [3.8, 4) is 11.5 Å². The number of hydrogen-bond donors (Lipinski definition) is 0. The normalized spacial score (nSPS) is 15.8. The van der Waals surface area contributed by atoms with Gasteiger partial charge in [0.1, 0.15) is 16.7 Å². The number of rotatable bonds is 5. The minimum Gasteiger partial charge on any atom is -0.497 e. The second-order valence-electron chi connectivity index (χ2n) is 5.50. The van der Waals surface area contributed by atoms with Gasteiger partial charge in [-0.2, -0.15) is 0 Å². The summed E-state index contributed by atoms with van der Waals surface area (Å²) in [7, 11) is 1.59. The zero-order valence-corrected chi connectivity index (χ0v) is 13.9. The summed E-state index contributed by atoms with van der Waals surface area (Å²) in [6.45, 7) is 2.11. The highest BCUT2D eigenvalue weighted by Gasteiger charge is 2.48. The molecule has 0 radical (unpaired) electrons. The van der Waals surface area contributed by atoms with E-state index in [0.29, 0.717) is 41.6 Å². The van der Waals surface area contributed by atoms with Crippen LogP contribution in [0.3, 0.4) is 0 Å². The molecular formula is C17H18ClNO4. The van der Waals surface area contributed by atoms with Crippen LogP contribution in [-0.2, 0) is 9.53 Å². The van der Waals surface area contributed by atoms with Crippen molar-refractivity contribution in [1.29, 1.82) is 0 Å². The molecule has 0 atom stereocenters. The first-order valence-corrected chi connectivity index (χ1v) is 7.96. The summed E-state index contributed by atoms with van der Waals surface area (Å²) in [4.78, 5) is 16.6. The van der Waals surface area contributed by atoms with Crippen molar-refractivity contribution in [2.45, 2.75) is 31.8 Å². The minimum absolute atomic E-state index is 0.316. The Morgan fingerprint density at radius 2 is 2.13 bits per heavy atom. The summed E-state index contributed by atoms with van der Waals surface area (Å²) in [5.74, 6) is 0.882. The lowest BCUT2D eigenvalue weighted by atomic mass is 9.80. The number of nitrogens with zero attached hydrogens (tertiary/aromatic N) is 1. The lowest BCUT2D eigenvalue weighted by Crippen LogP contribution is -2.51. The average molecular weight is 336 g/mol. The van der Waals surface area contributed by atoms with Gasteiger partial charge in [-0.3, -0.25) is 0 Å². The fraction of sp³-hybridized carbons (Fsp3) is 0.412. The van der Waals surface area contributed by atoms with Crippen molar-refractivity contribution in [2.75, 3.05) is 13.7 Å². The van der Waals surface area contributed by atoms with Gasteiger partial charge in [-0.25, -0.2) is 9.78 Å². The predicted octanol–water partition coefficient (Wildman–Crippen LogP) is 3.76. The van der Waals surface area contributed by atoms with Gasteiger partial charge in [0.25, 0.3) is 0 Å². The number of benzene rings is 1. The first-order valence-electron chi connectivity index (χ1n) is 7.58. The maximum Gasteiger partial charge on any atom is 0.350 e. The van der Waals surface area contributed by atoms with Gasteiger partial charge in [-0.1, -0.05) is 11.6 Å². The van der Waals surface area contributed by atoms with Crippen molar-refractivity contribution < 1.29 is 19.0 Å². The Balaban J connectivity index is 2.02. The van der Waals surface area contributed by atoms with E-state index in [0.717, 1.165) is 11.8 Å². The number of carbonyl (C=O) groups is 1. The fourth-order valence-electron chi connectivity index (χ4n) is 2.67. The number of halogens is 1. The van der Waals surface area contributed by atoms with E-state index in [9.17, 15) is 4.79 Å². The van der Waals surface area contributed by atoms with E-state index in [1.807, 2.05) is 12.1 Å².